The zero-order chi connectivity index (χ0) is 14.8. The van der Waals surface area contributed by atoms with Crippen LogP contribution in [0.5, 0.6) is 0 Å². The molecule has 0 spiro atoms. The first-order valence-electron chi connectivity index (χ1n) is 6.83. The molecule has 4 nitrogen and oxygen atoms in total. The number of benzene rings is 2. The van der Waals surface area contributed by atoms with E-state index in [4.69, 9.17) is 4.42 Å². The van der Waals surface area contributed by atoms with Crippen molar-refractivity contribution in [2.24, 2.45) is 0 Å². The van der Waals surface area contributed by atoms with E-state index < -0.39 is 10.8 Å². The summed E-state index contributed by atoms with van der Waals surface area (Å²) < 4.78 is 17.9. The van der Waals surface area contributed by atoms with Crippen molar-refractivity contribution in [3.8, 4) is 0 Å². The van der Waals surface area contributed by atoms with Crippen LogP contribution >= 0.6 is 0 Å². The lowest BCUT2D eigenvalue weighted by Gasteiger charge is -2.02. The highest BCUT2D eigenvalue weighted by Crippen LogP contribution is 2.20. The molecule has 1 atom stereocenters. The summed E-state index contributed by atoms with van der Waals surface area (Å²) in [5, 5.41) is 10.1. The summed E-state index contributed by atoms with van der Waals surface area (Å²) in [5.74, 6) is 1.43. The van der Waals surface area contributed by atoms with Crippen LogP contribution in [0.25, 0.3) is 10.8 Å². The topological polar surface area (TPSA) is 56.0 Å². The van der Waals surface area contributed by atoms with Crippen LogP contribution in [0.4, 0.5) is 0 Å². The molecule has 0 aliphatic rings. The van der Waals surface area contributed by atoms with Gasteiger partial charge in [-0.2, -0.15) is 0 Å². The highest BCUT2D eigenvalue weighted by molar-refractivity contribution is 7.84. The maximum Gasteiger partial charge on any atom is 0.229 e. The third kappa shape index (κ3) is 3.03. The van der Waals surface area contributed by atoms with Crippen molar-refractivity contribution in [3.05, 3.63) is 54.2 Å². The smallest absolute Gasteiger partial charge is 0.229 e. The molecule has 0 amide bonds. The lowest BCUT2D eigenvalue weighted by Crippen LogP contribution is -1.97. The molecule has 0 unspecified atom stereocenters. The molecule has 0 radical (unpaired) electrons. The van der Waals surface area contributed by atoms with E-state index in [1.807, 2.05) is 56.3 Å². The number of hydrogen-bond donors (Lipinski definition) is 0. The molecule has 0 fully saturated rings. The van der Waals surface area contributed by atoms with Gasteiger partial charge in [0.25, 0.3) is 0 Å². The SMILES string of the molecule is CC(C)c1nnc(C[S@](=O)c2ccc3ccccc3c2)o1. The first kappa shape index (κ1) is 13.9. The molecular formula is C16H16N2O2S. The molecule has 108 valence electrons. The molecule has 0 bridgehead atoms. The van der Waals surface area contributed by atoms with Crippen molar-refractivity contribution in [2.75, 3.05) is 0 Å². The maximum atomic E-state index is 12.4. The minimum Gasteiger partial charge on any atom is -0.424 e. The fraction of sp³-hybridized carbons (Fsp3) is 0.250. The summed E-state index contributed by atoms with van der Waals surface area (Å²) in [6.07, 6.45) is 0. The van der Waals surface area contributed by atoms with Gasteiger partial charge < -0.3 is 4.42 Å². The predicted octanol–water partition coefficient (Wildman–Crippen LogP) is 3.65. The lowest BCUT2D eigenvalue weighted by atomic mass is 10.1. The molecule has 5 heteroatoms. The number of rotatable bonds is 4. The number of fused-ring (bicyclic) bond motifs is 1. The van der Waals surface area contributed by atoms with E-state index in [0.717, 1.165) is 15.7 Å². The molecule has 1 heterocycles. The molecule has 0 aliphatic heterocycles. The minimum absolute atomic E-state index is 0.181. The zero-order valence-electron chi connectivity index (χ0n) is 11.9. The molecule has 2 aromatic carbocycles. The van der Waals surface area contributed by atoms with Crippen LogP contribution < -0.4 is 0 Å². The minimum atomic E-state index is -1.19. The Morgan fingerprint density at radius 2 is 1.86 bits per heavy atom. The van der Waals surface area contributed by atoms with Gasteiger partial charge in [-0.25, -0.2) is 0 Å². The van der Waals surface area contributed by atoms with Crippen LogP contribution in [-0.4, -0.2) is 14.4 Å². The Kier molecular flexibility index (Phi) is 3.84. The second kappa shape index (κ2) is 5.77. The van der Waals surface area contributed by atoms with Gasteiger partial charge in [0.2, 0.25) is 11.8 Å². The van der Waals surface area contributed by atoms with E-state index in [0.29, 0.717) is 11.8 Å². The predicted molar refractivity (Wildman–Crippen MR) is 82.4 cm³/mol. The molecule has 3 aromatic rings. The molecule has 1 aromatic heterocycles. The lowest BCUT2D eigenvalue weighted by molar-refractivity contribution is 0.444. The molecule has 0 aliphatic carbocycles. The Hall–Kier alpha value is -2.01. The molecule has 21 heavy (non-hydrogen) atoms. The van der Waals surface area contributed by atoms with E-state index >= 15 is 0 Å². The zero-order valence-corrected chi connectivity index (χ0v) is 12.8. The second-order valence-electron chi connectivity index (χ2n) is 5.19. The van der Waals surface area contributed by atoms with E-state index in [2.05, 4.69) is 10.2 Å². The Bertz CT molecular complexity index is 796. The highest BCUT2D eigenvalue weighted by atomic mass is 32.2. The Morgan fingerprint density at radius 3 is 2.57 bits per heavy atom. The van der Waals surface area contributed by atoms with Crippen LogP contribution in [0.3, 0.4) is 0 Å². The highest BCUT2D eigenvalue weighted by Gasteiger charge is 2.13. The van der Waals surface area contributed by atoms with Gasteiger partial charge in [-0.05, 0) is 22.9 Å². The van der Waals surface area contributed by atoms with Crippen LogP contribution in [0.2, 0.25) is 0 Å². The summed E-state index contributed by atoms with van der Waals surface area (Å²) in [5.41, 5.74) is 0. The summed E-state index contributed by atoms with van der Waals surface area (Å²) in [6.45, 7) is 3.97. The fourth-order valence-corrected chi connectivity index (χ4v) is 3.05. The quantitative estimate of drug-likeness (QED) is 0.738. The van der Waals surface area contributed by atoms with Crippen LogP contribution in [0.1, 0.15) is 31.5 Å². The van der Waals surface area contributed by atoms with E-state index in [9.17, 15) is 4.21 Å². The molecular weight excluding hydrogens is 284 g/mol. The van der Waals surface area contributed by atoms with Crippen molar-refractivity contribution < 1.29 is 8.63 Å². The van der Waals surface area contributed by atoms with Crippen molar-refractivity contribution in [2.45, 2.75) is 30.4 Å². The van der Waals surface area contributed by atoms with Gasteiger partial charge in [0.1, 0.15) is 5.75 Å². The first-order chi connectivity index (χ1) is 10.1. The fourth-order valence-electron chi connectivity index (χ4n) is 2.06. The number of nitrogens with zero attached hydrogens (tertiary/aromatic N) is 2. The largest absolute Gasteiger partial charge is 0.424 e. The van der Waals surface area contributed by atoms with Crippen LogP contribution in [0, 0.1) is 0 Å². The van der Waals surface area contributed by atoms with Crippen molar-refractivity contribution in [3.63, 3.8) is 0 Å². The summed E-state index contributed by atoms with van der Waals surface area (Å²) >= 11 is 0. The van der Waals surface area contributed by atoms with Gasteiger partial charge in [-0.1, -0.05) is 44.2 Å². The number of aromatic nitrogens is 2. The average Bonchev–Trinajstić information content (AvgIpc) is 2.95. The normalized spacial score (nSPS) is 12.9. The third-order valence-corrected chi connectivity index (χ3v) is 4.50. The van der Waals surface area contributed by atoms with Crippen molar-refractivity contribution in [1.82, 2.24) is 10.2 Å². The summed E-state index contributed by atoms with van der Waals surface area (Å²) in [4.78, 5) is 0.776. The summed E-state index contributed by atoms with van der Waals surface area (Å²) in [7, 11) is -1.19. The Morgan fingerprint density at radius 1 is 1.10 bits per heavy atom. The standard InChI is InChI=1S/C16H16N2O2S/c1-11(2)16-18-17-15(20-16)10-21(19)14-8-7-12-5-3-4-6-13(12)9-14/h3-9,11H,10H2,1-2H3/t21-/m0/s1. The summed E-state index contributed by atoms with van der Waals surface area (Å²) in [6, 6.07) is 13.8. The Labute approximate surface area is 125 Å². The monoisotopic (exact) mass is 300 g/mol. The van der Waals surface area contributed by atoms with Gasteiger partial charge in [0.05, 0.1) is 10.8 Å². The molecule has 3 rings (SSSR count). The van der Waals surface area contributed by atoms with Crippen LogP contribution in [-0.2, 0) is 16.6 Å². The maximum absolute atomic E-state index is 12.4. The van der Waals surface area contributed by atoms with Crippen molar-refractivity contribution in [1.29, 1.82) is 0 Å². The molecule has 0 N–H and O–H groups in total. The van der Waals surface area contributed by atoms with Gasteiger partial charge >= 0.3 is 0 Å². The van der Waals surface area contributed by atoms with E-state index in [1.54, 1.807) is 0 Å². The van der Waals surface area contributed by atoms with E-state index in [-0.39, 0.29) is 11.7 Å². The number of hydrogen-bond acceptors (Lipinski definition) is 4. The average molecular weight is 300 g/mol. The molecule has 0 saturated carbocycles. The first-order valence-corrected chi connectivity index (χ1v) is 8.15. The van der Waals surface area contributed by atoms with Gasteiger partial charge in [-0.15, -0.1) is 10.2 Å². The van der Waals surface area contributed by atoms with Gasteiger partial charge in [0, 0.05) is 10.8 Å². The Balaban J connectivity index is 1.82. The molecule has 0 saturated heterocycles. The van der Waals surface area contributed by atoms with Gasteiger partial charge in [0.15, 0.2) is 0 Å². The van der Waals surface area contributed by atoms with Crippen LogP contribution in [0.15, 0.2) is 51.8 Å². The second-order valence-corrected chi connectivity index (χ2v) is 6.64. The van der Waals surface area contributed by atoms with Gasteiger partial charge in [-0.3, -0.25) is 4.21 Å². The van der Waals surface area contributed by atoms with E-state index in [1.165, 1.54) is 0 Å². The van der Waals surface area contributed by atoms with Crippen molar-refractivity contribution >= 4 is 21.6 Å². The third-order valence-electron chi connectivity index (χ3n) is 3.21.